The summed E-state index contributed by atoms with van der Waals surface area (Å²) in [5, 5.41) is 4.10. The zero-order valence-corrected chi connectivity index (χ0v) is 14.6. The van der Waals surface area contributed by atoms with Gasteiger partial charge < -0.3 is 15.0 Å². The van der Waals surface area contributed by atoms with E-state index in [2.05, 4.69) is 21.3 Å². The molecular formula is C19H25N3O2. The second kappa shape index (κ2) is 6.77. The van der Waals surface area contributed by atoms with Crippen molar-refractivity contribution in [2.24, 2.45) is 5.41 Å². The van der Waals surface area contributed by atoms with Crippen molar-refractivity contribution in [3.8, 4) is 0 Å². The molecule has 0 aliphatic carbocycles. The van der Waals surface area contributed by atoms with E-state index >= 15 is 0 Å². The molecule has 1 aliphatic heterocycles. The molecule has 2 heterocycles. The first-order valence-corrected chi connectivity index (χ1v) is 8.55. The van der Waals surface area contributed by atoms with Crippen LogP contribution < -0.4 is 10.2 Å². The fourth-order valence-electron chi connectivity index (χ4n) is 2.73. The van der Waals surface area contributed by atoms with E-state index in [0.717, 1.165) is 49.3 Å². The van der Waals surface area contributed by atoms with Crippen LogP contribution in [0.4, 0.5) is 11.5 Å². The maximum absolute atomic E-state index is 12.5. The Hall–Kier alpha value is -2.14. The third-order valence-electron chi connectivity index (χ3n) is 4.79. The van der Waals surface area contributed by atoms with E-state index < -0.39 is 5.41 Å². The van der Waals surface area contributed by atoms with Crippen molar-refractivity contribution in [3.05, 3.63) is 30.3 Å². The van der Waals surface area contributed by atoms with E-state index in [4.69, 9.17) is 4.74 Å². The Morgan fingerprint density at radius 1 is 1.29 bits per heavy atom. The number of ether oxygens (including phenoxy) is 1. The molecule has 1 fully saturated rings. The minimum atomic E-state index is -0.410. The molecule has 1 aromatic heterocycles. The molecule has 1 amide bonds. The standard InChI is InChI=1S/C19H25N3O2/c1-4-19(2,3)18(23)21-17-13-16(22-9-11-24-12-10-22)14-7-5-6-8-15(14)20-17/h5-8,13H,4,9-12H2,1-3H3,(H,20,21,23). The van der Waals surface area contributed by atoms with Crippen LogP contribution in [-0.2, 0) is 9.53 Å². The molecule has 0 radical (unpaired) electrons. The lowest BCUT2D eigenvalue weighted by Gasteiger charge is -2.30. The molecule has 0 bridgehead atoms. The predicted octanol–water partition coefficient (Wildman–Crippen LogP) is 3.45. The van der Waals surface area contributed by atoms with Crippen LogP contribution in [0.5, 0.6) is 0 Å². The Bertz CT molecular complexity index is 736. The van der Waals surface area contributed by atoms with Gasteiger partial charge in [0, 0.05) is 35.6 Å². The molecule has 0 atom stereocenters. The summed E-state index contributed by atoms with van der Waals surface area (Å²) in [5.74, 6) is 0.613. The van der Waals surface area contributed by atoms with Gasteiger partial charge in [0.25, 0.3) is 0 Å². The average molecular weight is 327 g/mol. The predicted molar refractivity (Wildman–Crippen MR) is 97.5 cm³/mol. The summed E-state index contributed by atoms with van der Waals surface area (Å²) in [6.45, 7) is 9.07. The Morgan fingerprint density at radius 3 is 2.71 bits per heavy atom. The van der Waals surface area contributed by atoms with E-state index in [1.165, 1.54) is 0 Å². The molecular weight excluding hydrogens is 302 g/mol. The number of amides is 1. The van der Waals surface area contributed by atoms with Gasteiger partial charge in [-0.05, 0) is 12.5 Å². The van der Waals surface area contributed by atoms with Crippen LogP contribution in [0.15, 0.2) is 30.3 Å². The van der Waals surface area contributed by atoms with Crippen LogP contribution in [0.25, 0.3) is 10.9 Å². The molecule has 2 aromatic rings. The third-order valence-corrected chi connectivity index (χ3v) is 4.79. The van der Waals surface area contributed by atoms with Crippen LogP contribution in [0.3, 0.4) is 0 Å². The number of hydrogen-bond donors (Lipinski definition) is 1. The van der Waals surface area contributed by atoms with Gasteiger partial charge in [-0.2, -0.15) is 0 Å². The van der Waals surface area contributed by atoms with Gasteiger partial charge in [0.05, 0.1) is 18.7 Å². The lowest BCUT2D eigenvalue weighted by atomic mass is 9.89. The summed E-state index contributed by atoms with van der Waals surface area (Å²) in [6.07, 6.45) is 0.780. The zero-order valence-electron chi connectivity index (χ0n) is 14.6. The average Bonchev–Trinajstić information content (AvgIpc) is 2.61. The van der Waals surface area contributed by atoms with Crippen molar-refractivity contribution in [2.45, 2.75) is 27.2 Å². The van der Waals surface area contributed by atoms with Crippen LogP contribution in [0, 0.1) is 5.41 Å². The normalized spacial score (nSPS) is 15.5. The number of carbonyl (C=O) groups excluding carboxylic acids is 1. The minimum absolute atomic E-state index is 0.000656. The van der Waals surface area contributed by atoms with Gasteiger partial charge in [-0.3, -0.25) is 4.79 Å². The van der Waals surface area contributed by atoms with Crippen molar-refractivity contribution in [3.63, 3.8) is 0 Å². The maximum atomic E-state index is 12.5. The van der Waals surface area contributed by atoms with Crippen LogP contribution in [0.1, 0.15) is 27.2 Å². The summed E-state index contributed by atoms with van der Waals surface area (Å²) in [7, 11) is 0. The molecule has 1 N–H and O–H groups in total. The lowest BCUT2D eigenvalue weighted by molar-refractivity contribution is -0.124. The molecule has 3 rings (SSSR count). The van der Waals surface area contributed by atoms with Gasteiger partial charge in [-0.15, -0.1) is 0 Å². The smallest absolute Gasteiger partial charge is 0.231 e. The summed E-state index contributed by atoms with van der Waals surface area (Å²) in [5.41, 5.74) is 1.59. The van der Waals surface area contributed by atoms with E-state index in [-0.39, 0.29) is 5.91 Å². The summed E-state index contributed by atoms with van der Waals surface area (Å²) < 4.78 is 5.46. The summed E-state index contributed by atoms with van der Waals surface area (Å²) in [6, 6.07) is 10.0. The highest BCUT2D eigenvalue weighted by Crippen LogP contribution is 2.30. The third kappa shape index (κ3) is 3.36. The van der Waals surface area contributed by atoms with E-state index in [9.17, 15) is 4.79 Å². The van der Waals surface area contributed by atoms with Gasteiger partial charge >= 0.3 is 0 Å². The molecule has 24 heavy (non-hydrogen) atoms. The number of hydrogen-bond acceptors (Lipinski definition) is 4. The van der Waals surface area contributed by atoms with Crippen molar-refractivity contribution in [2.75, 3.05) is 36.5 Å². The maximum Gasteiger partial charge on any atom is 0.231 e. The monoisotopic (exact) mass is 327 g/mol. The first-order chi connectivity index (χ1) is 11.5. The fraction of sp³-hybridized carbons (Fsp3) is 0.474. The number of pyridine rings is 1. The number of fused-ring (bicyclic) bond motifs is 1. The number of carbonyl (C=O) groups is 1. The van der Waals surface area contributed by atoms with Crippen molar-refractivity contribution < 1.29 is 9.53 Å². The zero-order chi connectivity index (χ0) is 17.2. The van der Waals surface area contributed by atoms with E-state index in [1.54, 1.807) is 0 Å². The first-order valence-electron chi connectivity index (χ1n) is 8.55. The molecule has 1 aromatic carbocycles. The first kappa shape index (κ1) is 16.7. The number of aromatic nitrogens is 1. The largest absolute Gasteiger partial charge is 0.378 e. The number of morpholine rings is 1. The Morgan fingerprint density at radius 2 is 2.00 bits per heavy atom. The summed E-state index contributed by atoms with van der Waals surface area (Å²) in [4.78, 5) is 19.4. The highest BCUT2D eigenvalue weighted by Gasteiger charge is 2.26. The van der Waals surface area contributed by atoms with E-state index in [0.29, 0.717) is 5.82 Å². The molecule has 1 aliphatic rings. The number of anilines is 2. The Kier molecular flexibility index (Phi) is 4.71. The Labute approximate surface area is 143 Å². The van der Waals surface area contributed by atoms with Gasteiger partial charge in [0.1, 0.15) is 5.82 Å². The number of nitrogens with one attached hydrogen (secondary N) is 1. The molecule has 128 valence electrons. The number of rotatable bonds is 4. The number of benzene rings is 1. The molecule has 0 spiro atoms. The van der Waals surface area contributed by atoms with Crippen molar-refractivity contribution >= 4 is 28.3 Å². The lowest BCUT2D eigenvalue weighted by Crippen LogP contribution is -2.36. The SMILES string of the molecule is CCC(C)(C)C(=O)Nc1cc(N2CCOCC2)c2ccccc2n1. The van der Waals surface area contributed by atoms with Crippen molar-refractivity contribution in [1.29, 1.82) is 0 Å². The fourth-order valence-corrected chi connectivity index (χ4v) is 2.73. The van der Waals surface area contributed by atoms with Gasteiger partial charge in [0.2, 0.25) is 5.91 Å². The highest BCUT2D eigenvalue weighted by molar-refractivity contribution is 5.98. The second-order valence-electron chi connectivity index (χ2n) is 6.83. The number of para-hydroxylation sites is 1. The number of nitrogens with zero attached hydrogens (tertiary/aromatic N) is 2. The second-order valence-corrected chi connectivity index (χ2v) is 6.83. The molecule has 0 saturated carbocycles. The van der Waals surface area contributed by atoms with Gasteiger partial charge in [-0.25, -0.2) is 4.98 Å². The van der Waals surface area contributed by atoms with Crippen molar-refractivity contribution in [1.82, 2.24) is 4.98 Å². The van der Waals surface area contributed by atoms with Gasteiger partial charge in [-0.1, -0.05) is 39.0 Å². The van der Waals surface area contributed by atoms with Crippen LogP contribution >= 0.6 is 0 Å². The highest BCUT2D eigenvalue weighted by atomic mass is 16.5. The summed E-state index contributed by atoms with van der Waals surface area (Å²) >= 11 is 0. The van der Waals surface area contributed by atoms with Crippen LogP contribution in [-0.4, -0.2) is 37.2 Å². The van der Waals surface area contributed by atoms with Gasteiger partial charge in [0.15, 0.2) is 0 Å². The quantitative estimate of drug-likeness (QED) is 0.934. The molecule has 5 heteroatoms. The molecule has 5 nitrogen and oxygen atoms in total. The van der Waals surface area contributed by atoms with E-state index in [1.807, 2.05) is 45.0 Å². The minimum Gasteiger partial charge on any atom is -0.378 e. The molecule has 0 unspecified atom stereocenters. The topological polar surface area (TPSA) is 54.5 Å². The molecule has 1 saturated heterocycles. The Balaban J connectivity index is 1.98. The van der Waals surface area contributed by atoms with Crippen LogP contribution in [0.2, 0.25) is 0 Å².